The van der Waals surface area contributed by atoms with E-state index in [4.69, 9.17) is 4.74 Å². The molecule has 1 aromatic carbocycles. The number of carboxylic acid groups (broad SMARTS) is 1. The van der Waals surface area contributed by atoms with Crippen LogP contribution in [-0.4, -0.2) is 37.0 Å². The molecule has 3 N–H and O–H groups in total. The van der Waals surface area contributed by atoms with Crippen LogP contribution in [0.25, 0.3) is 10.8 Å². The standard InChI is InChI=1S/C24H37N3O6S/c1-8-9-12-33-20-18-13-16(26-34(7,31)32)10-11-17(18)22(28)27(14-15(2)3)19(20)21(24(4,5)6)25-23(29)30/h10-11,13,15,21,25-26H,8-9,12,14H2,1-7H3,(H,29,30). The fourth-order valence-electron chi connectivity index (χ4n) is 3.83. The van der Waals surface area contributed by atoms with E-state index in [1.165, 1.54) is 6.07 Å². The minimum Gasteiger partial charge on any atom is -0.491 e. The second kappa shape index (κ2) is 10.7. The number of fused-ring (bicyclic) bond motifs is 1. The number of aromatic nitrogens is 1. The van der Waals surface area contributed by atoms with Crippen LogP contribution in [0.4, 0.5) is 10.5 Å². The number of hydrogen-bond donors (Lipinski definition) is 3. The Bertz CT molecular complexity index is 1200. The number of anilines is 1. The van der Waals surface area contributed by atoms with Gasteiger partial charge in [-0.1, -0.05) is 48.0 Å². The highest BCUT2D eigenvalue weighted by Crippen LogP contribution is 2.41. The molecule has 1 atom stereocenters. The number of unbranched alkanes of at least 4 members (excludes halogenated alkanes) is 1. The Morgan fingerprint density at radius 1 is 1.21 bits per heavy atom. The number of hydrogen-bond acceptors (Lipinski definition) is 5. The van der Waals surface area contributed by atoms with E-state index >= 15 is 0 Å². The molecule has 9 nitrogen and oxygen atoms in total. The Morgan fingerprint density at radius 2 is 1.85 bits per heavy atom. The molecule has 0 saturated carbocycles. The molecule has 0 saturated heterocycles. The summed E-state index contributed by atoms with van der Waals surface area (Å²) < 4.78 is 33.9. The van der Waals surface area contributed by atoms with Crippen molar-refractivity contribution < 1.29 is 23.1 Å². The third-order valence-corrected chi connectivity index (χ3v) is 5.87. The first-order chi connectivity index (χ1) is 15.7. The van der Waals surface area contributed by atoms with Gasteiger partial charge in [0, 0.05) is 17.6 Å². The van der Waals surface area contributed by atoms with Crippen LogP contribution in [0.2, 0.25) is 0 Å². The second-order valence-electron chi connectivity index (χ2n) is 10.1. The maximum Gasteiger partial charge on any atom is 0.405 e. The molecule has 0 bridgehead atoms. The van der Waals surface area contributed by atoms with Crippen molar-refractivity contribution in [3.05, 3.63) is 34.2 Å². The smallest absolute Gasteiger partial charge is 0.405 e. The lowest BCUT2D eigenvalue weighted by atomic mass is 9.83. The molecule has 190 valence electrons. The number of ether oxygens (including phenoxy) is 1. The number of benzene rings is 1. The summed E-state index contributed by atoms with van der Waals surface area (Å²) in [5, 5.41) is 13.0. The molecule has 1 unspecified atom stereocenters. The number of amides is 1. The molecule has 0 aliphatic carbocycles. The van der Waals surface area contributed by atoms with Crippen LogP contribution in [-0.2, 0) is 16.6 Å². The summed E-state index contributed by atoms with van der Waals surface area (Å²) in [6, 6.07) is 3.93. The van der Waals surface area contributed by atoms with Crippen LogP contribution in [0.3, 0.4) is 0 Å². The molecule has 2 rings (SSSR count). The highest BCUT2D eigenvalue weighted by atomic mass is 32.2. The van der Waals surface area contributed by atoms with Gasteiger partial charge >= 0.3 is 6.09 Å². The van der Waals surface area contributed by atoms with Crippen molar-refractivity contribution in [1.29, 1.82) is 0 Å². The van der Waals surface area contributed by atoms with Crippen molar-refractivity contribution in [3.8, 4) is 5.75 Å². The van der Waals surface area contributed by atoms with Gasteiger partial charge in [-0.25, -0.2) is 13.2 Å². The predicted molar refractivity (Wildman–Crippen MR) is 135 cm³/mol. The fourth-order valence-corrected chi connectivity index (χ4v) is 4.39. The van der Waals surface area contributed by atoms with Gasteiger partial charge in [-0.2, -0.15) is 0 Å². The van der Waals surface area contributed by atoms with Gasteiger partial charge in [0.2, 0.25) is 10.0 Å². The summed E-state index contributed by atoms with van der Waals surface area (Å²) in [5.41, 5.74) is -0.147. The van der Waals surface area contributed by atoms with E-state index in [-0.39, 0.29) is 11.5 Å². The van der Waals surface area contributed by atoms with E-state index < -0.39 is 27.6 Å². The van der Waals surface area contributed by atoms with Crippen molar-refractivity contribution >= 4 is 32.6 Å². The molecular weight excluding hydrogens is 458 g/mol. The third-order valence-electron chi connectivity index (χ3n) is 5.27. The minimum atomic E-state index is -3.54. The average Bonchev–Trinajstić information content (AvgIpc) is 2.67. The van der Waals surface area contributed by atoms with Gasteiger partial charge < -0.3 is 19.7 Å². The summed E-state index contributed by atoms with van der Waals surface area (Å²) in [7, 11) is -3.54. The SMILES string of the molecule is CCCCOc1c(C(NC(=O)O)C(C)(C)C)n(CC(C)C)c(=O)c2ccc(NS(C)(=O)=O)cc12. The van der Waals surface area contributed by atoms with Crippen molar-refractivity contribution in [1.82, 2.24) is 9.88 Å². The summed E-state index contributed by atoms with van der Waals surface area (Å²) in [6.07, 6.45) is 1.48. The highest BCUT2D eigenvalue weighted by molar-refractivity contribution is 7.92. The summed E-state index contributed by atoms with van der Waals surface area (Å²) >= 11 is 0. The Hall–Kier alpha value is -2.75. The molecule has 1 aromatic heterocycles. The van der Waals surface area contributed by atoms with Gasteiger partial charge in [0.15, 0.2) is 0 Å². The van der Waals surface area contributed by atoms with E-state index in [2.05, 4.69) is 10.0 Å². The molecule has 0 aliphatic rings. The van der Waals surface area contributed by atoms with Crippen LogP contribution in [0.15, 0.2) is 23.0 Å². The van der Waals surface area contributed by atoms with E-state index in [0.717, 1.165) is 19.1 Å². The average molecular weight is 496 g/mol. The van der Waals surface area contributed by atoms with E-state index in [9.17, 15) is 23.1 Å². The number of nitrogens with zero attached hydrogens (tertiary/aromatic N) is 1. The van der Waals surface area contributed by atoms with Crippen molar-refractivity contribution in [3.63, 3.8) is 0 Å². The molecule has 1 amide bonds. The van der Waals surface area contributed by atoms with E-state index in [1.807, 2.05) is 41.5 Å². The maximum absolute atomic E-state index is 13.7. The summed E-state index contributed by atoms with van der Waals surface area (Å²) in [5.74, 6) is 0.489. The highest BCUT2D eigenvalue weighted by Gasteiger charge is 2.35. The van der Waals surface area contributed by atoms with E-state index in [0.29, 0.717) is 41.1 Å². The fraction of sp³-hybridized carbons (Fsp3) is 0.583. The Kier molecular flexibility index (Phi) is 8.63. The Balaban J connectivity index is 3.02. The maximum atomic E-state index is 13.7. The van der Waals surface area contributed by atoms with Crippen molar-refractivity contribution in [2.75, 3.05) is 17.6 Å². The second-order valence-corrected chi connectivity index (χ2v) is 11.9. The first-order valence-corrected chi connectivity index (χ1v) is 13.3. The zero-order chi connectivity index (χ0) is 25.8. The Labute approximate surface area is 201 Å². The topological polar surface area (TPSA) is 127 Å². The van der Waals surface area contributed by atoms with Gasteiger partial charge in [-0.05, 0) is 36.0 Å². The van der Waals surface area contributed by atoms with Crippen LogP contribution in [0.5, 0.6) is 5.75 Å². The van der Waals surface area contributed by atoms with Crippen LogP contribution in [0.1, 0.15) is 66.1 Å². The Morgan fingerprint density at radius 3 is 2.35 bits per heavy atom. The van der Waals surface area contributed by atoms with Gasteiger partial charge in [-0.15, -0.1) is 0 Å². The monoisotopic (exact) mass is 495 g/mol. The molecule has 10 heteroatoms. The zero-order valence-electron chi connectivity index (χ0n) is 21.1. The van der Waals surface area contributed by atoms with Gasteiger partial charge in [-0.3, -0.25) is 9.52 Å². The number of pyridine rings is 1. The summed E-state index contributed by atoms with van der Waals surface area (Å²) in [4.78, 5) is 25.5. The van der Waals surface area contributed by atoms with E-state index in [1.54, 1.807) is 16.7 Å². The lowest BCUT2D eigenvalue weighted by Crippen LogP contribution is -2.40. The largest absolute Gasteiger partial charge is 0.491 e. The van der Waals surface area contributed by atoms with Gasteiger partial charge in [0.05, 0.1) is 30.0 Å². The third kappa shape index (κ3) is 6.88. The van der Waals surface area contributed by atoms with Crippen LogP contribution >= 0.6 is 0 Å². The summed E-state index contributed by atoms with van der Waals surface area (Å²) in [6.45, 7) is 12.4. The lowest BCUT2D eigenvalue weighted by Gasteiger charge is -2.34. The molecule has 2 aromatic rings. The first-order valence-electron chi connectivity index (χ1n) is 11.5. The quantitative estimate of drug-likeness (QED) is 0.415. The molecule has 34 heavy (non-hydrogen) atoms. The zero-order valence-corrected chi connectivity index (χ0v) is 21.9. The van der Waals surface area contributed by atoms with Crippen molar-refractivity contribution in [2.45, 2.75) is 67.0 Å². The molecule has 0 spiro atoms. The molecule has 0 aliphatic heterocycles. The van der Waals surface area contributed by atoms with Crippen LogP contribution in [0, 0.1) is 11.3 Å². The lowest BCUT2D eigenvalue weighted by molar-refractivity contribution is 0.170. The molecular formula is C24H37N3O6S. The molecule has 1 heterocycles. The predicted octanol–water partition coefficient (Wildman–Crippen LogP) is 4.56. The normalized spacial score (nSPS) is 13.2. The van der Waals surface area contributed by atoms with Crippen molar-refractivity contribution in [2.24, 2.45) is 11.3 Å². The number of carbonyl (C=O) groups is 1. The number of rotatable bonds is 10. The van der Waals surface area contributed by atoms with Gasteiger partial charge in [0.25, 0.3) is 5.56 Å². The number of nitrogens with one attached hydrogen (secondary N) is 2. The number of sulfonamides is 1. The van der Waals surface area contributed by atoms with Crippen LogP contribution < -0.4 is 20.3 Å². The minimum absolute atomic E-state index is 0.106. The first kappa shape index (κ1) is 27.5. The molecule has 0 radical (unpaired) electrons. The molecule has 0 fully saturated rings. The van der Waals surface area contributed by atoms with Gasteiger partial charge in [0.1, 0.15) is 5.75 Å².